The van der Waals surface area contributed by atoms with Crippen LogP contribution in [0.15, 0.2) is 23.0 Å². The Labute approximate surface area is 143 Å². The average molecular weight is 337 g/mol. The average Bonchev–Trinajstić information content (AvgIpc) is 3.08. The molecule has 2 heterocycles. The van der Waals surface area contributed by atoms with E-state index in [0.717, 1.165) is 25.9 Å². The fourth-order valence-electron chi connectivity index (χ4n) is 3.23. The van der Waals surface area contributed by atoms with Gasteiger partial charge in [0, 0.05) is 12.1 Å². The highest BCUT2D eigenvalue weighted by atomic mass is 19.1. The summed E-state index contributed by atoms with van der Waals surface area (Å²) in [5.74, 6) is -0.509. The van der Waals surface area contributed by atoms with Gasteiger partial charge in [0.2, 0.25) is 0 Å². The van der Waals surface area contributed by atoms with E-state index in [1.165, 1.54) is 18.2 Å². The standard InChI is InChI=1S/C18H16FN5O/c19-12-3-4-13(11(7-12)10-24-5-1-2-6-24)16-14(8-20)17(22)23-18(25)15(16)9-21/h3-4,7H,1-2,5-6,10H2,(H3,22,23,25). The van der Waals surface area contributed by atoms with Crippen LogP contribution in [0.5, 0.6) is 0 Å². The number of aromatic amines is 1. The molecule has 0 amide bonds. The third-order valence-corrected chi connectivity index (χ3v) is 4.40. The third kappa shape index (κ3) is 3.10. The van der Waals surface area contributed by atoms with Crippen LogP contribution >= 0.6 is 0 Å². The van der Waals surface area contributed by atoms with Crippen molar-refractivity contribution in [2.45, 2.75) is 19.4 Å². The second kappa shape index (κ2) is 6.76. The summed E-state index contributed by atoms with van der Waals surface area (Å²) in [7, 11) is 0. The van der Waals surface area contributed by atoms with E-state index >= 15 is 0 Å². The van der Waals surface area contributed by atoms with Crippen LogP contribution in [-0.2, 0) is 6.54 Å². The Morgan fingerprint density at radius 2 is 1.88 bits per heavy atom. The lowest BCUT2D eigenvalue weighted by Gasteiger charge is -2.19. The smallest absolute Gasteiger partial charge is 0.268 e. The molecule has 0 unspecified atom stereocenters. The largest absolute Gasteiger partial charge is 0.384 e. The normalized spacial score (nSPS) is 14.2. The van der Waals surface area contributed by atoms with Crippen molar-refractivity contribution in [3.05, 3.63) is 51.1 Å². The van der Waals surface area contributed by atoms with E-state index < -0.39 is 11.4 Å². The number of rotatable bonds is 3. The Hall–Kier alpha value is -3.16. The molecule has 6 nitrogen and oxygen atoms in total. The van der Waals surface area contributed by atoms with Crippen LogP contribution in [0.4, 0.5) is 10.2 Å². The molecule has 1 saturated heterocycles. The molecule has 1 fully saturated rings. The molecule has 0 radical (unpaired) electrons. The van der Waals surface area contributed by atoms with E-state index in [-0.39, 0.29) is 22.5 Å². The van der Waals surface area contributed by atoms with Crippen LogP contribution in [-0.4, -0.2) is 23.0 Å². The lowest BCUT2D eigenvalue weighted by Crippen LogP contribution is -2.20. The molecule has 25 heavy (non-hydrogen) atoms. The zero-order valence-corrected chi connectivity index (χ0v) is 13.5. The van der Waals surface area contributed by atoms with Crippen molar-refractivity contribution in [2.24, 2.45) is 0 Å². The molecule has 2 aromatic rings. The molecule has 126 valence electrons. The summed E-state index contributed by atoms with van der Waals surface area (Å²) in [6, 6.07) is 7.92. The van der Waals surface area contributed by atoms with Gasteiger partial charge < -0.3 is 10.7 Å². The number of nitrogens with zero attached hydrogens (tertiary/aromatic N) is 3. The predicted octanol–water partition coefficient (Wildman–Crippen LogP) is 2.10. The zero-order chi connectivity index (χ0) is 18.0. The van der Waals surface area contributed by atoms with Gasteiger partial charge in [-0.3, -0.25) is 9.69 Å². The van der Waals surface area contributed by atoms with E-state index in [4.69, 9.17) is 5.73 Å². The molecule has 0 aliphatic carbocycles. The molecule has 7 heteroatoms. The van der Waals surface area contributed by atoms with E-state index in [2.05, 4.69) is 9.88 Å². The Balaban J connectivity index is 2.25. The monoisotopic (exact) mass is 337 g/mol. The molecule has 3 N–H and O–H groups in total. The quantitative estimate of drug-likeness (QED) is 0.891. The first kappa shape index (κ1) is 16.7. The second-order valence-corrected chi connectivity index (χ2v) is 6.00. The molecular weight excluding hydrogens is 321 g/mol. The fourth-order valence-corrected chi connectivity index (χ4v) is 3.23. The van der Waals surface area contributed by atoms with Crippen molar-refractivity contribution in [3.63, 3.8) is 0 Å². The van der Waals surface area contributed by atoms with E-state index in [1.807, 2.05) is 12.1 Å². The van der Waals surface area contributed by atoms with Crippen molar-refractivity contribution in [2.75, 3.05) is 18.8 Å². The number of hydrogen-bond donors (Lipinski definition) is 2. The summed E-state index contributed by atoms with van der Waals surface area (Å²) in [6.45, 7) is 2.29. The number of benzene rings is 1. The highest BCUT2D eigenvalue weighted by Crippen LogP contribution is 2.32. The van der Waals surface area contributed by atoms with Gasteiger partial charge in [-0.2, -0.15) is 10.5 Å². The minimum atomic E-state index is -0.662. The van der Waals surface area contributed by atoms with Crippen LogP contribution in [0.2, 0.25) is 0 Å². The van der Waals surface area contributed by atoms with Gasteiger partial charge in [0.25, 0.3) is 5.56 Å². The number of nitrogens with two attached hydrogens (primary N) is 1. The van der Waals surface area contributed by atoms with Crippen LogP contribution < -0.4 is 11.3 Å². The zero-order valence-electron chi connectivity index (χ0n) is 13.5. The van der Waals surface area contributed by atoms with Crippen molar-refractivity contribution in [3.8, 4) is 23.3 Å². The highest BCUT2D eigenvalue weighted by Gasteiger charge is 2.22. The number of pyridine rings is 1. The number of nitrogen functional groups attached to an aromatic ring is 1. The predicted molar refractivity (Wildman–Crippen MR) is 90.8 cm³/mol. The number of hydrogen-bond acceptors (Lipinski definition) is 5. The number of likely N-dealkylation sites (tertiary alicyclic amines) is 1. The summed E-state index contributed by atoms with van der Waals surface area (Å²) in [5, 5.41) is 18.9. The van der Waals surface area contributed by atoms with Crippen LogP contribution in [0.1, 0.15) is 29.5 Å². The summed E-state index contributed by atoms with van der Waals surface area (Å²) < 4.78 is 13.8. The van der Waals surface area contributed by atoms with Gasteiger partial charge >= 0.3 is 0 Å². The first-order valence-electron chi connectivity index (χ1n) is 7.92. The number of nitriles is 2. The fraction of sp³-hybridized carbons (Fsp3) is 0.278. The molecule has 1 aliphatic heterocycles. The van der Waals surface area contributed by atoms with Crippen molar-refractivity contribution >= 4 is 5.82 Å². The van der Waals surface area contributed by atoms with E-state index in [9.17, 15) is 19.7 Å². The van der Waals surface area contributed by atoms with Gasteiger partial charge in [0.1, 0.15) is 34.9 Å². The third-order valence-electron chi connectivity index (χ3n) is 4.40. The Bertz CT molecular complexity index is 961. The molecule has 0 atom stereocenters. The van der Waals surface area contributed by atoms with Crippen LogP contribution in [0, 0.1) is 28.5 Å². The molecule has 1 aromatic carbocycles. The van der Waals surface area contributed by atoms with Gasteiger partial charge in [-0.1, -0.05) is 6.07 Å². The van der Waals surface area contributed by atoms with Crippen molar-refractivity contribution in [1.29, 1.82) is 10.5 Å². The first-order valence-corrected chi connectivity index (χ1v) is 7.92. The molecule has 0 saturated carbocycles. The number of anilines is 1. The van der Waals surface area contributed by atoms with Crippen LogP contribution in [0.25, 0.3) is 11.1 Å². The molecule has 1 aliphatic rings. The number of H-pyrrole nitrogens is 1. The highest BCUT2D eigenvalue weighted by molar-refractivity contribution is 5.81. The van der Waals surface area contributed by atoms with E-state index in [1.54, 1.807) is 0 Å². The summed E-state index contributed by atoms with van der Waals surface area (Å²) in [5.41, 5.74) is 6.21. The Morgan fingerprint density at radius 3 is 2.52 bits per heavy atom. The Kier molecular flexibility index (Phi) is 4.51. The molecule has 3 rings (SSSR count). The van der Waals surface area contributed by atoms with Gasteiger partial charge in [-0.15, -0.1) is 0 Å². The molecule has 1 aromatic heterocycles. The van der Waals surface area contributed by atoms with Crippen LogP contribution in [0.3, 0.4) is 0 Å². The maximum atomic E-state index is 13.8. The van der Waals surface area contributed by atoms with Gasteiger partial charge in [-0.05, 0) is 49.2 Å². The maximum absolute atomic E-state index is 13.8. The second-order valence-electron chi connectivity index (χ2n) is 6.00. The summed E-state index contributed by atoms with van der Waals surface area (Å²) in [4.78, 5) is 16.6. The minimum Gasteiger partial charge on any atom is -0.384 e. The number of halogens is 1. The number of nitrogens with one attached hydrogen (secondary N) is 1. The van der Waals surface area contributed by atoms with Gasteiger partial charge in [0.15, 0.2) is 0 Å². The van der Waals surface area contributed by atoms with Gasteiger partial charge in [-0.25, -0.2) is 4.39 Å². The summed E-state index contributed by atoms with van der Waals surface area (Å²) >= 11 is 0. The topological polar surface area (TPSA) is 110 Å². The van der Waals surface area contributed by atoms with Crippen molar-refractivity contribution in [1.82, 2.24) is 9.88 Å². The SMILES string of the molecule is N#Cc1c(N)[nH]c(=O)c(C#N)c1-c1ccc(F)cc1CN1CCCC1. The van der Waals surface area contributed by atoms with Gasteiger partial charge in [0.05, 0.1) is 0 Å². The molecule has 0 bridgehead atoms. The van der Waals surface area contributed by atoms with Crippen molar-refractivity contribution < 1.29 is 4.39 Å². The maximum Gasteiger partial charge on any atom is 0.268 e. The lowest BCUT2D eigenvalue weighted by atomic mass is 9.92. The molecular formula is C18H16FN5O. The number of aromatic nitrogens is 1. The Morgan fingerprint density at radius 1 is 1.20 bits per heavy atom. The lowest BCUT2D eigenvalue weighted by molar-refractivity contribution is 0.331. The van der Waals surface area contributed by atoms with E-state index in [0.29, 0.717) is 17.7 Å². The molecule has 0 spiro atoms. The first-order chi connectivity index (χ1) is 12.0. The minimum absolute atomic E-state index is 0.0189. The summed E-state index contributed by atoms with van der Waals surface area (Å²) in [6.07, 6.45) is 2.16.